The first-order chi connectivity index (χ1) is 12.8. The molecule has 4 rings (SSSR count). The van der Waals surface area contributed by atoms with Gasteiger partial charge in [-0.1, -0.05) is 18.2 Å². The van der Waals surface area contributed by atoms with E-state index in [1.165, 1.54) is 0 Å². The van der Waals surface area contributed by atoms with Gasteiger partial charge >= 0.3 is 7.12 Å². The molecule has 0 bridgehead atoms. The van der Waals surface area contributed by atoms with Gasteiger partial charge < -0.3 is 19.2 Å². The number of rotatable bonds is 3. The highest BCUT2D eigenvalue weighted by atomic mass is 16.7. The Balaban J connectivity index is 1.53. The number of hydrogen-bond acceptors (Lipinski definition) is 5. The van der Waals surface area contributed by atoms with E-state index in [1.54, 1.807) is 6.20 Å². The minimum Gasteiger partial charge on any atom is -0.493 e. The molecular weight excluding hydrogens is 341 g/mol. The van der Waals surface area contributed by atoms with Crippen molar-refractivity contribution >= 4 is 12.6 Å². The molecule has 2 aliphatic heterocycles. The summed E-state index contributed by atoms with van der Waals surface area (Å²) in [7, 11) is -0.438. The van der Waals surface area contributed by atoms with Crippen molar-refractivity contribution in [1.82, 2.24) is 4.98 Å². The van der Waals surface area contributed by atoms with Crippen LogP contribution in [0.1, 0.15) is 45.1 Å². The summed E-state index contributed by atoms with van der Waals surface area (Å²) in [6, 6.07) is 11.6. The smallest absolute Gasteiger partial charge is 0.493 e. The quantitative estimate of drug-likeness (QED) is 0.846. The van der Waals surface area contributed by atoms with Crippen molar-refractivity contribution in [3.05, 3.63) is 53.9 Å². The number of aliphatic hydroxyl groups excluding tert-OH is 1. The second-order valence-corrected chi connectivity index (χ2v) is 8.43. The lowest BCUT2D eigenvalue weighted by molar-refractivity contribution is 0.00578. The van der Waals surface area contributed by atoms with Gasteiger partial charge in [0.25, 0.3) is 0 Å². The van der Waals surface area contributed by atoms with E-state index in [0.717, 1.165) is 16.7 Å². The topological polar surface area (TPSA) is 60.8 Å². The second-order valence-electron chi connectivity index (χ2n) is 8.43. The highest BCUT2D eigenvalue weighted by Gasteiger charge is 2.52. The Hall–Kier alpha value is -1.89. The number of fused-ring (bicyclic) bond motifs is 1. The number of hydrogen-bond donors (Lipinski definition) is 1. The molecule has 2 aliphatic rings. The standard InChI is InChI=1S/C21H26BNO4/c1-20(2)21(3,4)27-22(26-20)15-8-9-17-18(12-15)25-13-14(19(17)24)11-16-7-5-6-10-23-16/h5-10,12,14,19,24H,11,13H2,1-4H3/t14-,19+/m1/s1. The first-order valence-electron chi connectivity index (χ1n) is 9.47. The van der Waals surface area contributed by atoms with Crippen molar-refractivity contribution in [2.75, 3.05) is 6.61 Å². The van der Waals surface area contributed by atoms with Crippen LogP contribution in [0.4, 0.5) is 0 Å². The van der Waals surface area contributed by atoms with Gasteiger partial charge in [0.05, 0.1) is 23.9 Å². The monoisotopic (exact) mass is 367 g/mol. The fraction of sp³-hybridized carbons (Fsp3) is 0.476. The number of benzene rings is 1. The van der Waals surface area contributed by atoms with Gasteiger partial charge in [-0.05, 0) is 57.8 Å². The maximum absolute atomic E-state index is 10.8. The van der Waals surface area contributed by atoms with Gasteiger partial charge in [0.2, 0.25) is 0 Å². The third kappa shape index (κ3) is 3.37. The summed E-state index contributed by atoms with van der Waals surface area (Å²) in [4.78, 5) is 4.36. The van der Waals surface area contributed by atoms with Gasteiger partial charge in [-0.25, -0.2) is 0 Å². The van der Waals surface area contributed by atoms with E-state index in [9.17, 15) is 5.11 Å². The van der Waals surface area contributed by atoms with E-state index in [0.29, 0.717) is 18.8 Å². The van der Waals surface area contributed by atoms with Gasteiger partial charge in [-0.2, -0.15) is 0 Å². The molecule has 0 aliphatic carbocycles. The van der Waals surface area contributed by atoms with E-state index >= 15 is 0 Å². The fourth-order valence-corrected chi connectivity index (χ4v) is 3.55. The van der Waals surface area contributed by atoms with Crippen LogP contribution in [-0.4, -0.2) is 35.0 Å². The van der Waals surface area contributed by atoms with Crippen molar-refractivity contribution in [1.29, 1.82) is 0 Å². The predicted molar refractivity (Wildman–Crippen MR) is 104 cm³/mol. The predicted octanol–water partition coefficient (Wildman–Crippen LogP) is 2.67. The Morgan fingerprint density at radius 3 is 2.52 bits per heavy atom. The molecular formula is C21H26BNO4. The van der Waals surface area contributed by atoms with Crippen molar-refractivity contribution < 1.29 is 19.2 Å². The molecule has 0 radical (unpaired) electrons. The minimum absolute atomic E-state index is 0.0184. The van der Waals surface area contributed by atoms with Crippen molar-refractivity contribution in [2.45, 2.75) is 51.4 Å². The number of ether oxygens (including phenoxy) is 1. The Bertz CT molecular complexity index is 808. The third-order valence-corrected chi connectivity index (χ3v) is 5.98. The first kappa shape index (κ1) is 18.5. The third-order valence-electron chi connectivity index (χ3n) is 5.98. The molecule has 6 heteroatoms. The Morgan fingerprint density at radius 1 is 1.11 bits per heavy atom. The average Bonchev–Trinajstić information content (AvgIpc) is 2.86. The molecule has 142 valence electrons. The van der Waals surface area contributed by atoms with Crippen LogP contribution in [-0.2, 0) is 15.7 Å². The van der Waals surface area contributed by atoms with Crippen molar-refractivity contribution in [3.63, 3.8) is 0 Å². The van der Waals surface area contributed by atoms with Gasteiger partial charge in [-0.3, -0.25) is 4.98 Å². The molecule has 2 aromatic rings. The summed E-state index contributed by atoms with van der Waals surface area (Å²) in [5.74, 6) is 0.682. The summed E-state index contributed by atoms with van der Waals surface area (Å²) in [5, 5.41) is 10.8. The highest BCUT2D eigenvalue weighted by molar-refractivity contribution is 6.62. The van der Waals surface area contributed by atoms with Gasteiger partial charge in [-0.15, -0.1) is 0 Å². The maximum atomic E-state index is 10.8. The van der Waals surface area contributed by atoms with Gasteiger partial charge in [0.15, 0.2) is 0 Å². The SMILES string of the molecule is CC1(C)OB(c2ccc3c(c2)OC[C@@H](Cc2ccccn2)[C@@H]3O)OC1(C)C. The van der Waals surface area contributed by atoms with E-state index in [2.05, 4.69) is 4.98 Å². The van der Waals surface area contributed by atoms with E-state index in [4.69, 9.17) is 14.0 Å². The lowest BCUT2D eigenvalue weighted by atomic mass is 9.77. The Morgan fingerprint density at radius 2 is 1.85 bits per heavy atom. The largest absolute Gasteiger partial charge is 0.494 e. The van der Waals surface area contributed by atoms with E-state index in [-0.39, 0.29) is 17.1 Å². The molecule has 0 saturated carbocycles. The van der Waals surface area contributed by atoms with Crippen LogP contribution >= 0.6 is 0 Å². The van der Waals surface area contributed by atoms with Gasteiger partial charge in [0, 0.05) is 23.4 Å². The second kappa shape index (κ2) is 6.62. The van der Waals surface area contributed by atoms with Crippen LogP contribution in [0.25, 0.3) is 0 Å². The summed E-state index contributed by atoms with van der Waals surface area (Å²) < 4.78 is 18.2. The highest BCUT2D eigenvalue weighted by Crippen LogP contribution is 2.39. The number of nitrogens with zero attached hydrogens (tertiary/aromatic N) is 1. The van der Waals surface area contributed by atoms with Crippen molar-refractivity contribution in [2.24, 2.45) is 5.92 Å². The van der Waals surface area contributed by atoms with Crippen LogP contribution < -0.4 is 10.2 Å². The van der Waals surface area contributed by atoms with E-state index in [1.807, 2.05) is 64.1 Å². The molecule has 1 saturated heterocycles. The summed E-state index contributed by atoms with van der Waals surface area (Å²) in [6.07, 6.45) is 1.87. The molecule has 5 nitrogen and oxygen atoms in total. The van der Waals surface area contributed by atoms with Crippen LogP contribution in [0.5, 0.6) is 5.75 Å². The number of aromatic nitrogens is 1. The van der Waals surface area contributed by atoms with Crippen molar-refractivity contribution in [3.8, 4) is 5.75 Å². The van der Waals surface area contributed by atoms with Crippen LogP contribution in [0.2, 0.25) is 0 Å². The normalized spacial score (nSPS) is 25.7. The molecule has 3 heterocycles. The van der Waals surface area contributed by atoms with Crippen LogP contribution in [0, 0.1) is 5.92 Å². The first-order valence-corrected chi connectivity index (χ1v) is 9.47. The number of aliphatic hydroxyl groups is 1. The van der Waals surface area contributed by atoms with Crippen LogP contribution in [0.3, 0.4) is 0 Å². The number of pyridine rings is 1. The molecule has 1 aromatic carbocycles. The van der Waals surface area contributed by atoms with Crippen LogP contribution in [0.15, 0.2) is 42.6 Å². The molecule has 0 spiro atoms. The molecule has 27 heavy (non-hydrogen) atoms. The summed E-state index contributed by atoms with van der Waals surface area (Å²) in [5.41, 5.74) is 1.90. The van der Waals surface area contributed by atoms with Gasteiger partial charge in [0.1, 0.15) is 5.75 Å². The maximum Gasteiger partial charge on any atom is 0.494 e. The molecule has 0 unspecified atom stereocenters. The zero-order valence-electron chi connectivity index (χ0n) is 16.3. The lowest BCUT2D eigenvalue weighted by Gasteiger charge is -2.32. The molecule has 0 amide bonds. The minimum atomic E-state index is -0.580. The molecule has 1 N–H and O–H groups in total. The Labute approximate surface area is 160 Å². The Kier molecular flexibility index (Phi) is 4.53. The summed E-state index contributed by atoms with van der Waals surface area (Å²) in [6.45, 7) is 8.60. The molecule has 1 fully saturated rings. The molecule has 1 aromatic heterocycles. The lowest BCUT2D eigenvalue weighted by Crippen LogP contribution is -2.41. The molecule has 2 atom stereocenters. The fourth-order valence-electron chi connectivity index (χ4n) is 3.55. The summed E-state index contributed by atoms with van der Waals surface area (Å²) >= 11 is 0. The zero-order valence-corrected chi connectivity index (χ0v) is 16.3. The zero-order chi connectivity index (χ0) is 19.2. The average molecular weight is 367 g/mol. The van der Waals surface area contributed by atoms with E-state index < -0.39 is 13.2 Å².